The summed E-state index contributed by atoms with van der Waals surface area (Å²) < 4.78 is 0. The number of nitrogens with zero attached hydrogens (tertiary/aromatic N) is 2. The third-order valence-electron chi connectivity index (χ3n) is 2.07. The minimum absolute atomic E-state index is 0.744. The SMILES string of the molecule is CN(CCCNC#N)c1ccccc1. The van der Waals surface area contributed by atoms with Crippen LogP contribution in [0.1, 0.15) is 6.42 Å². The molecule has 0 saturated heterocycles. The second-order valence-corrected chi connectivity index (χ2v) is 3.15. The number of para-hydroxylation sites is 1. The van der Waals surface area contributed by atoms with Crippen LogP contribution in [0.25, 0.3) is 0 Å². The van der Waals surface area contributed by atoms with Crippen LogP contribution in [0, 0.1) is 11.5 Å². The Morgan fingerprint density at radius 2 is 2.07 bits per heavy atom. The van der Waals surface area contributed by atoms with E-state index in [4.69, 9.17) is 5.26 Å². The number of rotatable bonds is 5. The lowest BCUT2D eigenvalue weighted by atomic mass is 10.3. The largest absolute Gasteiger partial charge is 0.375 e. The van der Waals surface area contributed by atoms with Crippen LogP contribution in [0.4, 0.5) is 5.69 Å². The van der Waals surface area contributed by atoms with Crippen LogP contribution < -0.4 is 10.2 Å². The fourth-order valence-corrected chi connectivity index (χ4v) is 1.27. The molecule has 0 heterocycles. The van der Waals surface area contributed by atoms with Gasteiger partial charge in [-0.3, -0.25) is 0 Å². The zero-order valence-electron chi connectivity index (χ0n) is 8.40. The summed E-state index contributed by atoms with van der Waals surface area (Å²) >= 11 is 0. The molecule has 0 spiro atoms. The molecular weight excluding hydrogens is 174 g/mol. The van der Waals surface area contributed by atoms with Crippen LogP contribution >= 0.6 is 0 Å². The van der Waals surface area contributed by atoms with Gasteiger partial charge in [0.1, 0.15) is 0 Å². The number of hydrogen-bond acceptors (Lipinski definition) is 3. The molecule has 0 aliphatic heterocycles. The van der Waals surface area contributed by atoms with E-state index in [2.05, 4.69) is 29.4 Å². The maximum Gasteiger partial charge on any atom is 0.176 e. The van der Waals surface area contributed by atoms with Crippen molar-refractivity contribution < 1.29 is 0 Å². The highest BCUT2D eigenvalue weighted by Gasteiger charge is 1.97. The van der Waals surface area contributed by atoms with Crippen LogP contribution in [-0.4, -0.2) is 20.1 Å². The Bertz CT molecular complexity index is 289. The Labute approximate surface area is 85.0 Å². The van der Waals surface area contributed by atoms with Gasteiger partial charge < -0.3 is 10.2 Å². The molecule has 0 radical (unpaired) electrons. The summed E-state index contributed by atoms with van der Waals surface area (Å²) in [5.41, 5.74) is 1.21. The van der Waals surface area contributed by atoms with E-state index in [-0.39, 0.29) is 0 Å². The van der Waals surface area contributed by atoms with Crippen LogP contribution in [0.2, 0.25) is 0 Å². The lowest BCUT2D eigenvalue weighted by Gasteiger charge is -2.18. The van der Waals surface area contributed by atoms with Crippen molar-refractivity contribution in [1.29, 1.82) is 5.26 Å². The van der Waals surface area contributed by atoms with Crippen molar-refractivity contribution in [2.24, 2.45) is 0 Å². The van der Waals surface area contributed by atoms with E-state index in [1.165, 1.54) is 5.69 Å². The van der Waals surface area contributed by atoms with E-state index < -0.39 is 0 Å². The molecule has 0 amide bonds. The monoisotopic (exact) mass is 189 g/mol. The summed E-state index contributed by atoms with van der Waals surface area (Å²) in [4.78, 5) is 2.18. The van der Waals surface area contributed by atoms with E-state index >= 15 is 0 Å². The van der Waals surface area contributed by atoms with Gasteiger partial charge in [-0.25, -0.2) is 0 Å². The Hall–Kier alpha value is -1.69. The van der Waals surface area contributed by atoms with Crippen molar-refractivity contribution in [1.82, 2.24) is 5.32 Å². The van der Waals surface area contributed by atoms with Gasteiger partial charge in [0.05, 0.1) is 0 Å². The second kappa shape index (κ2) is 5.87. The van der Waals surface area contributed by atoms with Gasteiger partial charge in [-0.2, -0.15) is 5.26 Å². The predicted octanol–water partition coefficient (Wildman–Crippen LogP) is 1.58. The molecule has 0 bridgehead atoms. The molecule has 0 atom stereocenters. The average molecular weight is 189 g/mol. The molecule has 1 N–H and O–H groups in total. The average Bonchev–Trinajstić information content (AvgIpc) is 2.25. The first-order valence-electron chi connectivity index (χ1n) is 4.72. The first-order chi connectivity index (χ1) is 6.84. The number of nitrogens with one attached hydrogen (secondary N) is 1. The Balaban J connectivity index is 2.29. The molecular formula is C11H15N3. The van der Waals surface area contributed by atoms with Gasteiger partial charge in [0.2, 0.25) is 0 Å². The van der Waals surface area contributed by atoms with E-state index in [0.29, 0.717) is 0 Å². The maximum absolute atomic E-state index is 8.27. The summed E-state index contributed by atoms with van der Waals surface area (Å²) in [7, 11) is 2.06. The lowest BCUT2D eigenvalue weighted by molar-refractivity contribution is 0.741. The zero-order valence-corrected chi connectivity index (χ0v) is 8.40. The van der Waals surface area contributed by atoms with Gasteiger partial charge in [-0.05, 0) is 18.6 Å². The van der Waals surface area contributed by atoms with Gasteiger partial charge in [0, 0.05) is 25.8 Å². The summed E-state index contributed by atoms with van der Waals surface area (Å²) in [5.74, 6) is 0. The van der Waals surface area contributed by atoms with E-state index in [1.54, 1.807) is 0 Å². The van der Waals surface area contributed by atoms with Crippen molar-refractivity contribution in [3.05, 3.63) is 30.3 Å². The normalized spacial score (nSPS) is 9.14. The molecule has 1 aromatic rings. The molecule has 0 saturated carbocycles. The standard InChI is InChI=1S/C11H15N3/c1-14(9-5-8-13-10-12)11-6-3-2-4-7-11/h2-4,6-7,13H,5,8-9H2,1H3. The van der Waals surface area contributed by atoms with E-state index in [0.717, 1.165) is 19.5 Å². The van der Waals surface area contributed by atoms with Crippen LogP contribution in [0.5, 0.6) is 0 Å². The Morgan fingerprint density at radius 1 is 1.36 bits per heavy atom. The van der Waals surface area contributed by atoms with E-state index in [1.807, 2.05) is 24.4 Å². The molecule has 74 valence electrons. The lowest BCUT2D eigenvalue weighted by Crippen LogP contribution is -2.21. The summed E-state index contributed by atoms with van der Waals surface area (Å²) in [6.07, 6.45) is 2.88. The van der Waals surface area contributed by atoms with Gasteiger partial charge in [0.25, 0.3) is 0 Å². The summed E-state index contributed by atoms with van der Waals surface area (Å²) in [5, 5.41) is 10.9. The number of nitriles is 1. The number of benzene rings is 1. The zero-order chi connectivity index (χ0) is 10.2. The quantitative estimate of drug-likeness (QED) is 0.434. The summed E-state index contributed by atoms with van der Waals surface area (Å²) in [6, 6.07) is 10.2. The Morgan fingerprint density at radius 3 is 2.71 bits per heavy atom. The van der Waals surface area contributed by atoms with Gasteiger partial charge in [-0.1, -0.05) is 18.2 Å². The maximum atomic E-state index is 8.27. The third-order valence-corrected chi connectivity index (χ3v) is 2.07. The highest BCUT2D eigenvalue weighted by molar-refractivity contribution is 5.44. The van der Waals surface area contributed by atoms with Crippen molar-refractivity contribution in [3.8, 4) is 6.19 Å². The first kappa shape index (κ1) is 10.4. The highest BCUT2D eigenvalue weighted by Crippen LogP contribution is 2.10. The topological polar surface area (TPSA) is 39.1 Å². The molecule has 3 heteroatoms. The smallest absolute Gasteiger partial charge is 0.176 e. The fourth-order valence-electron chi connectivity index (χ4n) is 1.27. The van der Waals surface area contributed by atoms with Crippen molar-refractivity contribution >= 4 is 5.69 Å². The third kappa shape index (κ3) is 3.36. The van der Waals surface area contributed by atoms with Crippen LogP contribution in [0.3, 0.4) is 0 Å². The molecule has 0 aliphatic rings. The van der Waals surface area contributed by atoms with Crippen LogP contribution in [0.15, 0.2) is 30.3 Å². The van der Waals surface area contributed by atoms with E-state index in [9.17, 15) is 0 Å². The molecule has 1 aromatic carbocycles. The van der Waals surface area contributed by atoms with Crippen molar-refractivity contribution in [2.75, 3.05) is 25.0 Å². The van der Waals surface area contributed by atoms with Gasteiger partial charge in [0.15, 0.2) is 6.19 Å². The Kier molecular flexibility index (Phi) is 4.36. The minimum Gasteiger partial charge on any atom is -0.375 e. The first-order valence-corrected chi connectivity index (χ1v) is 4.72. The highest BCUT2D eigenvalue weighted by atomic mass is 15.1. The van der Waals surface area contributed by atoms with Gasteiger partial charge in [-0.15, -0.1) is 0 Å². The fraction of sp³-hybridized carbons (Fsp3) is 0.364. The molecule has 1 rings (SSSR count). The number of hydrogen-bond donors (Lipinski definition) is 1. The molecule has 14 heavy (non-hydrogen) atoms. The van der Waals surface area contributed by atoms with Crippen molar-refractivity contribution in [3.63, 3.8) is 0 Å². The second-order valence-electron chi connectivity index (χ2n) is 3.15. The van der Waals surface area contributed by atoms with Crippen LogP contribution in [-0.2, 0) is 0 Å². The predicted molar refractivity (Wildman–Crippen MR) is 57.9 cm³/mol. The molecule has 0 aromatic heterocycles. The van der Waals surface area contributed by atoms with Crippen molar-refractivity contribution in [2.45, 2.75) is 6.42 Å². The summed E-state index contributed by atoms with van der Waals surface area (Å²) in [6.45, 7) is 1.70. The minimum atomic E-state index is 0.744. The molecule has 0 aliphatic carbocycles. The molecule has 0 unspecified atom stereocenters. The molecule has 3 nitrogen and oxygen atoms in total. The molecule has 0 fully saturated rings. The van der Waals surface area contributed by atoms with Gasteiger partial charge >= 0.3 is 0 Å². The number of anilines is 1.